The summed E-state index contributed by atoms with van der Waals surface area (Å²) in [7, 11) is 5.65. The molecule has 4 nitrogen and oxygen atoms in total. The van der Waals surface area contributed by atoms with E-state index in [9.17, 15) is 0 Å². The number of aryl methyl sites for hydroxylation is 1. The van der Waals surface area contributed by atoms with Gasteiger partial charge in [0.1, 0.15) is 0 Å². The van der Waals surface area contributed by atoms with Gasteiger partial charge in [-0.3, -0.25) is 4.90 Å². The minimum Gasteiger partial charge on any atom is -0.493 e. The summed E-state index contributed by atoms with van der Waals surface area (Å²) in [6.45, 7) is 7.53. The first-order chi connectivity index (χ1) is 15.1. The second-order valence-corrected chi connectivity index (χ2v) is 8.68. The van der Waals surface area contributed by atoms with Crippen molar-refractivity contribution in [1.29, 1.82) is 0 Å². The monoisotopic (exact) mass is 418 g/mol. The van der Waals surface area contributed by atoms with Gasteiger partial charge in [-0.15, -0.1) is 0 Å². The second-order valence-electron chi connectivity index (χ2n) is 8.68. The molecule has 0 amide bonds. The summed E-state index contributed by atoms with van der Waals surface area (Å²) in [6, 6.07) is 17.5. The fraction of sp³-hybridized carbons (Fsp3) is 0.407. The third kappa shape index (κ3) is 4.86. The summed E-state index contributed by atoms with van der Waals surface area (Å²) < 4.78 is 11.0. The molecule has 31 heavy (non-hydrogen) atoms. The number of benzene rings is 3. The van der Waals surface area contributed by atoms with Crippen molar-refractivity contribution >= 4 is 10.8 Å². The number of ether oxygens (including phenoxy) is 2. The van der Waals surface area contributed by atoms with E-state index < -0.39 is 0 Å². The molecule has 0 spiro atoms. The zero-order valence-electron chi connectivity index (χ0n) is 19.3. The fourth-order valence-electron chi connectivity index (χ4n) is 4.70. The topological polar surface area (TPSA) is 24.9 Å². The van der Waals surface area contributed by atoms with E-state index in [0.29, 0.717) is 0 Å². The van der Waals surface area contributed by atoms with Crippen LogP contribution in [0.3, 0.4) is 0 Å². The molecule has 164 valence electrons. The number of hydrogen-bond acceptors (Lipinski definition) is 4. The third-order valence-corrected chi connectivity index (χ3v) is 6.51. The van der Waals surface area contributed by atoms with Crippen molar-refractivity contribution in [3.8, 4) is 11.5 Å². The minimum absolute atomic E-state index is 0.827. The number of fused-ring (bicyclic) bond motifs is 2. The van der Waals surface area contributed by atoms with Crippen LogP contribution < -0.4 is 9.47 Å². The van der Waals surface area contributed by atoms with Gasteiger partial charge in [0.25, 0.3) is 0 Å². The van der Waals surface area contributed by atoms with Crippen LogP contribution in [0, 0.1) is 6.92 Å². The van der Waals surface area contributed by atoms with E-state index in [4.69, 9.17) is 9.47 Å². The molecule has 0 aliphatic carbocycles. The molecule has 0 radical (unpaired) electrons. The molecule has 0 aromatic heterocycles. The first-order valence-electron chi connectivity index (χ1n) is 11.2. The lowest BCUT2D eigenvalue weighted by Crippen LogP contribution is -2.33. The van der Waals surface area contributed by atoms with Crippen molar-refractivity contribution in [3.63, 3.8) is 0 Å². The Kier molecular flexibility index (Phi) is 6.79. The van der Waals surface area contributed by atoms with Crippen molar-refractivity contribution in [2.24, 2.45) is 0 Å². The highest BCUT2D eigenvalue weighted by Gasteiger charge is 2.19. The molecule has 1 aliphatic rings. The molecule has 0 atom stereocenters. The van der Waals surface area contributed by atoms with Gasteiger partial charge < -0.3 is 14.4 Å². The van der Waals surface area contributed by atoms with E-state index in [1.165, 1.54) is 39.4 Å². The van der Waals surface area contributed by atoms with Crippen molar-refractivity contribution in [3.05, 3.63) is 70.8 Å². The molecule has 4 rings (SSSR count). The van der Waals surface area contributed by atoms with Crippen LogP contribution in [0.2, 0.25) is 0 Å². The molecule has 3 aromatic rings. The van der Waals surface area contributed by atoms with Gasteiger partial charge in [-0.05, 0) is 85.1 Å². The van der Waals surface area contributed by atoms with E-state index in [-0.39, 0.29) is 0 Å². The predicted octanol–water partition coefficient (Wildman–Crippen LogP) is 5.05. The van der Waals surface area contributed by atoms with E-state index >= 15 is 0 Å². The zero-order chi connectivity index (χ0) is 21.8. The van der Waals surface area contributed by atoms with Crippen LogP contribution in [-0.4, -0.2) is 50.7 Å². The average molecular weight is 419 g/mol. The van der Waals surface area contributed by atoms with Crippen molar-refractivity contribution in [2.75, 3.05) is 40.9 Å². The second kappa shape index (κ2) is 9.71. The number of rotatable bonds is 8. The lowest BCUT2D eigenvalue weighted by atomic mass is 9.98. The average Bonchev–Trinajstić information content (AvgIpc) is 2.80. The SMILES string of the molecule is COc1cc2c(cc1OC)CN(CCCN(C)Cc1c(C)ccc3ccccc13)CC2. The van der Waals surface area contributed by atoms with Crippen LogP contribution >= 0.6 is 0 Å². The highest BCUT2D eigenvalue weighted by molar-refractivity contribution is 5.86. The molecule has 0 saturated heterocycles. The van der Waals surface area contributed by atoms with Crippen molar-refractivity contribution < 1.29 is 9.47 Å². The van der Waals surface area contributed by atoms with E-state index in [1.54, 1.807) is 14.2 Å². The highest BCUT2D eigenvalue weighted by Crippen LogP contribution is 2.33. The van der Waals surface area contributed by atoms with Crippen LogP contribution in [0.4, 0.5) is 0 Å². The van der Waals surface area contributed by atoms with Crippen molar-refractivity contribution in [1.82, 2.24) is 9.80 Å². The first kappa shape index (κ1) is 21.7. The predicted molar refractivity (Wildman–Crippen MR) is 128 cm³/mol. The molecule has 0 fully saturated rings. The van der Waals surface area contributed by atoms with E-state index in [1.807, 2.05) is 0 Å². The van der Waals surface area contributed by atoms with E-state index in [0.717, 1.165) is 50.6 Å². The molecular formula is C27H34N2O2. The third-order valence-electron chi connectivity index (χ3n) is 6.51. The number of nitrogens with zero attached hydrogens (tertiary/aromatic N) is 2. The Morgan fingerprint density at radius 3 is 2.48 bits per heavy atom. The van der Waals surface area contributed by atoms with E-state index in [2.05, 4.69) is 72.3 Å². The maximum Gasteiger partial charge on any atom is 0.161 e. The van der Waals surface area contributed by atoms with Gasteiger partial charge in [-0.1, -0.05) is 36.4 Å². The largest absolute Gasteiger partial charge is 0.493 e. The Morgan fingerprint density at radius 2 is 1.71 bits per heavy atom. The van der Waals surface area contributed by atoms with Gasteiger partial charge in [0.2, 0.25) is 0 Å². The summed E-state index contributed by atoms with van der Waals surface area (Å²) in [4.78, 5) is 5.02. The lowest BCUT2D eigenvalue weighted by molar-refractivity contribution is 0.227. The number of methoxy groups -OCH3 is 2. The standard InChI is InChI=1S/C27H34N2O2/c1-20-10-11-21-8-5-6-9-24(21)25(20)19-28(2)13-7-14-29-15-12-22-16-26(30-3)27(31-4)17-23(22)18-29/h5-6,8-11,16-17H,7,12-15,18-19H2,1-4H3. The zero-order valence-corrected chi connectivity index (χ0v) is 19.3. The van der Waals surface area contributed by atoms with Gasteiger partial charge >= 0.3 is 0 Å². The lowest BCUT2D eigenvalue weighted by Gasteiger charge is -2.30. The summed E-state index contributed by atoms with van der Waals surface area (Å²) in [6.07, 6.45) is 2.24. The highest BCUT2D eigenvalue weighted by atomic mass is 16.5. The fourth-order valence-corrected chi connectivity index (χ4v) is 4.70. The summed E-state index contributed by atoms with van der Waals surface area (Å²) >= 11 is 0. The Morgan fingerprint density at radius 1 is 0.968 bits per heavy atom. The quantitative estimate of drug-likeness (QED) is 0.511. The smallest absolute Gasteiger partial charge is 0.161 e. The molecule has 1 heterocycles. The maximum absolute atomic E-state index is 5.50. The molecule has 3 aromatic carbocycles. The van der Waals surface area contributed by atoms with Crippen LogP contribution in [0.1, 0.15) is 28.7 Å². The molecule has 0 unspecified atom stereocenters. The Bertz CT molecular complexity index is 1050. The first-order valence-corrected chi connectivity index (χ1v) is 11.2. The molecule has 0 bridgehead atoms. The van der Waals surface area contributed by atoms with Gasteiger partial charge in [0.15, 0.2) is 11.5 Å². The molecule has 1 aliphatic heterocycles. The Hall–Kier alpha value is -2.56. The Labute approximate surface area is 186 Å². The van der Waals surface area contributed by atoms with Crippen LogP contribution in [0.15, 0.2) is 48.5 Å². The summed E-state index contributed by atoms with van der Waals surface area (Å²) in [5.74, 6) is 1.66. The van der Waals surface area contributed by atoms with Crippen LogP contribution in [0.5, 0.6) is 11.5 Å². The normalized spacial score (nSPS) is 14.1. The van der Waals surface area contributed by atoms with Gasteiger partial charge in [0.05, 0.1) is 14.2 Å². The maximum atomic E-state index is 5.50. The number of hydrogen-bond donors (Lipinski definition) is 0. The van der Waals surface area contributed by atoms with Crippen LogP contribution in [-0.2, 0) is 19.5 Å². The molecule has 0 saturated carbocycles. The molecule has 0 N–H and O–H groups in total. The summed E-state index contributed by atoms with van der Waals surface area (Å²) in [5, 5.41) is 2.71. The Balaban J connectivity index is 1.33. The summed E-state index contributed by atoms with van der Waals surface area (Å²) in [5.41, 5.74) is 5.58. The minimum atomic E-state index is 0.827. The van der Waals surface area contributed by atoms with Gasteiger partial charge in [0, 0.05) is 19.6 Å². The van der Waals surface area contributed by atoms with Gasteiger partial charge in [-0.25, -0.2) is 0 Å². The van der Waals surface area contributed by atoms with Crippen molar-refractivity contribution in [2.45, 2.75) is 32.9 Å². The van der Waals surface area contributed by atoms with Crippen LogP contribution in [0.25, 0.3) is 10.8 Å². The molecule has 4 heteroatoms. The van der Waals surface area contributed by atoms with Gasteiger partial charge in [-0.2, -0.15) is 0 Å². The molecular weight excluding hydrogens is 384 g/mol.